The van der Waals surface area contributed by atoms with E-state index in [1.165, 1.54) is 0 Å². The number of anilines is 1. The molecule has 2 aromatic rings. The fourth-order valence-electron chi connectivity index (χ4n) is 2.16. The first-order valence-electron chi connectivity index (χ1n) is 6.46. The van der Waals surface area contributed by atoms with Gasteiger partial charge in [-0.25, -0.2) is 4.98 Å². The van der Waals surface area contributed by atoms with Gasteiger partial charge in [0, 0.05) is 11.3 Å². The summed E-state index contributed by atoms with van der Waals surface area (Å²) in [6, 6.07) is 5.60. The van der Waals surface area contributed by atoms with Crippen molar-refractivity contribution in [2.24, 2.45) is 0 Å². The summed E-state index contributed by atoms with van der Waals surface area (Å²) in [5.41, 5.74) is 3.05. The van der Waals surface area contributed by atoms with E-state index in [-0.39, 0.29) is 12.0 Å². The number of fused-ring (bicyclic) bond motifs is 1. The van der Waals surface area contributed by atoms with Gasteiger partial charge in [0.1, 0.15) is 5.75 Å². The Morgan fingerprint density at radius 2 is 2.20 bits per heavy atom. The number of nitrogens with one attached hydrogen (secondary N) is 2. The molecule has 1 aromatic heterocycles. The van der Waals surface area contributed by atoms with E-state index in [1.54, 1.807) is 18.6 Å². The Hall–Kier alpha value is -2.56. The van der Waals surface area contributed by atoms with Crippen LogP contribution in [-0.2, 0) is 4.79 Å². The van der Waals surface area contributed by atoms with E-state index in [2.05, 4.69) is 15.3 Å². The minimum atomic E-state index is -0.115. The van der Waals surface area contributed by atoms with Crippen molar-refractivity contribution >= 4 is 23.2 Å². The zero-order chi connectivity index (χ0) is 14.1. The molecule has 1 aliphatic rings. The van der Waals surface area contributed by atoms with Gasteiger partial charge in [0.15, 0.2) is 0 Å². The third kappa shape index (κ3) is 2.30. The quantitative estimate of drug-likeness (QED) is 0.842. The van der Waals surface area contributed by atoms with Crippen LogP contribution in [0.25, 0.3) is 11.6 Å². The summed E-state index contributed by atoms with van der Waals surface area (Å²) >= 11 is 0. The first kappa shape index (κ1) is 12.5. The number of carbonyl (C=O) groups is 1. The van der Waals surface area contributed by atoms with Crippen molar-refractivity contribution in [3.63, 3.8) is 0 Å². The van der Waals surface area contributed by atoms with E-state index in [1.807, 2.05) is 32.0 Å². The van der Waals surface area contributed by atoms with Crippen LogP contribution in [0.1, 0.15) is 25.1 Å². The summed E-state index contributed by atoms with van der Waals surface area (Å²) in [5, 5.41) is 2.84. The Labute approximate surface area is 116 Å². The van der Waals surface area contributed by atoms with E-state index in [4.69, 9.17) is 4.74 Å². The Morgan fingerprint density at radius 3 is 2.90 bits per heavy atom. The molecule has 1 aliphatic heterocycles. The van der Waals surface area contributed by atoms with Crippen molar-refractivity contribution in [2.45, 2.75) is 20.0 Å². The molecule has 0 bridgehead atoms. The van der Waals surface area contributed by atoms with E-state index in [0.29, 0.717) is 5.57 Å². The molecule has 0 saturated heterocycles. The van der Waals surface area contributed by atoms with Gasteiger partial charge in [-0.15, -0.1) is 0 Å². The number of imidazole rings is 1. The smallest absolute Gasteiger partial charge is 0.256 e. The Balaban J connectivity index is 2.02. The lowest BCUT2D eigenvalue weighted by atomic mass is 10.1. The molecule has 0 radical (unpaired) electrons. The molecule has 2 heterocycles. The van der Waals surface area contributed by atoms with Gasteiger partial charge in [-0.2, -0.15) is 0 Å². The highest BCUT2D eigenvalue weighted by Gasteiger charge is 2.24. The maximum atomic E-state index is 12.0. The van der Waals surface area contributed by atoms with Crippen molar-refractivity contribution in [2.75, 3.05) is 5.32 Å². The molecule has 102 valence electrons. The molecule has 0 atom stereocenters. The lowest BCUT2D eigenvalue weighted by Crippen LogP contribution is -2.05. The van der Waals surface area contributed by atoms with Gasteiger partial charge >= 0.3 is 0 Å². The predicted molar refractivity (Wildman–Crippen MR) is 77.3 cm³/mol. The number of hydrogen-bond donors (Lipinski definition) is 2. The fourth-order valence-corrected chi connectivity index (χ4v) is 2.16. The van der Waals surface area contributed by atoms with Crippen LogP contribution in [0.2, 0.25) is 0 Å². The van der Waals surface area contributed by atoms with Crippen molar-refractivity contribution < 1.29 is 9.53 Å². The summed E-state index contributed by atoms with van der Waals surface area (Å²) in [7, 11) is 0. The van der Waals surface area contributed by atoms with Crippen LogP contribution in [0, 0.1) is 0 Å². The van der Waals surface area contributed by atoms with Crippen molar-refractivity contribution in [3.8, 4) is 5.75 Å². The second kappa shape index (κ2) is 4.85. The van der Waals surface area contributed by atoms with Gasteiger partial charge in [-0.05, 0) is 38.1 Å². The largest absolute Gasteiger partial charge is 0.491 e. The van der Waals surface area contributed by atoms with E-state index < -0.39 is 0 Å². The lowest BCUT2D eigenvalue weighted by molar-refractivity contribution is -0.110. The van der Waals surface area contributed by atoms with Crippen LogP contribution in [0.4, 0.5) is 5.69 Å². The molecular formula is C15H15N3O2. The molecule has 0 unspecified atom stereocenters. The van der Waals surface area contributed by atoms with Gasteiger partial charge in [-0.3, -0.25) is 4.79 Å². The van der Waals surface area contributed by atoms with Crippen LogP contribution < -0.4 is 10.1 Å². The molecule has 1 aromatic carbocycles. The highest BCUT2D eigenvalue weighted by Crippen LogP contribution is 2.35. The highest BCUT2D eigenvalue weighted by molar-refractivity contribution is 6.34. The van der Waals surface area contributed by atoms with Gasteiger partial charge in [0.2, 0.25) is 0 Å². The molecule has 2 N–H and O–H groups in total. The Morgan fingerprint density at radius 1 is 1.35 bits per heavy atom. The summed E-state index contributed by atoms with van der Waals surface area (Å²) in [5.74, 6) is 0.641. The minimum absolute atomic E-state index is 0.0955. The van der Waals surface area contributed by atoms with Crippen LogP contribution in [0.3, 0.4) is 0 Å². The van der Waals surface area contributed by atoms with E-state index in [9.17, 15) is 4.79 Å². The molecule has 0 spiro atoms. The zero-order valence-corrected chi connectivity index (χ0v) is 11.3. The van der Waals surface area contributed by atoms with Gasteiger partial charge in [0.25, 0.3) is 5.91 Å². The second-order valence-corrected chi connectivity index (χ2v) is 4.89. The molecule has 0 saturated carbocycles. The number of carbonyl (C=O) groups excluding carboxylic acids is 1. The third-order valence-electron chi connectivity index (χ3n) is 2.97. The SMILES string of the molecule is CC(C)Oc1ccc2c(c1)/C(=C/c1cnc[nH]1)C(=O)N2. The van der Waals surface area contributed by atoms with Crippen LogP contribution in [0.15, 0.2) is 30.7 Å². The number of ether oxygens (including phenoxy) is 1. The monoisotopic (exact) mass is 269 g/mol. The number of H-pyrrole nitrogens is 1. The normalized spacial score (nSPS) is 15.6. The summed E-state index contributed by atoms with van der Waals surface area (Å²) < 4.78 is 5.67. The van der Waals surface area contributed by atoms with Gasteiger partial charge in [-0.1, -0.05) is 0 Å². The number of benzene rings is 1. The topological polar surface area (TPSA) is 67.0 Å². The molecule has 20 heavy (non-hydrogen) atoms. The number of aromatic amines is 1. The summed E-state index contributed by atoms with van der Waals surface area (Å²) in [4.78, 5) is 18.9. The van der Waals surface area contributed by atoms with Crippen molar-refractivity contribution in [1.82, 2.24) is 9.97 Å². The van der Waals surface area contributed by atoms with Gasteiger partial charge < -0.3 is 15.0 Å². The lowest BCUT2D eigenvalue weighted by Gasteiger charge is -2.10. The molecule has 0 fully saturated rings. The third-order valence-corrected chi connectivity index (χ3v) is 2.97. The number of aromatic nitrogens is 2. The average molecular weight is 269 g/mol. The summed E-state index contributed by atoms with van der Waals surface area (Å²) in [6.07, 6.45) is 5.14. The van der Waals surface area contributed by atoms with E-state index >= 15 is 0 Å². The predicted octanol–water partition coefficient (Wildman–Crippen LogP) is 2.69. The molecular weight excluding hydrogens is 254 g/mol. The molecule has 5 nitrogen and oxygen atoms in total. The molecule has 1 amide bonds. The Kier molecular flexibility index (Phi) is 3.02. The maximum absolute atomic E-state index is 12.0. The maximum Gasteiger partial charge on any atom is 0.256 e. The van der Waals surface area contributed by atoms with Gasteiger partial charge in [0.05, 0.1) is 29.9 Å². The number of amides is 1. The first-order chi connectivity index (χ1) is 9.63. The minimum Gasteiger partial charge on any atom is -0.491 e. The Bertz CT molecular complexity index is 672. The van der Waals surface area contributed by atoms with Crippen LogP contribution in [0.5, 0.6) is 5.75 Å². The highest BCUT2D eigenvalue weighted by atomic mass is 16.5. The average Bonchev–Trinajstić information content (AvgIpc) is 2.99. The number of nitrogens with zero attached hydrogens (tertiary/aromatic N) is 1. The summed E-state index contributed by atoms with van der Waals surface area (Å²) in [6.45, 7) is 3.94. The van der Waals surface area contributed by atoms with Crippen molar-refractivity contribution in [1.29, 1.82) is 0 Å². The molecule has 3 rings (SSSR count). The molecule has 0 aliphatic carbocycles. The first-order valence-corrected chi connectivity index (χ1v) is 6.46. The fraction of sp³-hybridized carbons (Fsp3) is 0.200. The molecule has 5 heteroatoms. The zero-order valence-electron chi connectivity index (χ0n) is 11.3. The number of hydrogen-bond acceptors (Lipinski definition) is 3. The second-order valence-electron chi connectivity index (χ2n) is 4.89. The number of rotatable bonds is 3. The van der Waals surface area contributed by atoms with Crippen LogP contribution >= 0.6 is 0 Å². The van der Waals surface area contributed by atoms with Crippen molar-refractivity contribution in [3.05, 3.63) is 42.0 Å². The standard InChI is InChI=1S/C15H15N3O2/c1-9(2)20-11-3-4-14-12(6-11)13(15(19)18-14)5-10-7-16-8-17-10/h3-9H,1-2H3,(H,16,17)(H,18,19)/b13-5-. The van der Waals surface area contributed by atoms with E-state index in [0.717, 1.165) is 22.7 Å². The van der Waals surface area contributed by atoms with Crippen LogP contribution in [-0.4, -0.2) is 22.0 Å².